The van der Waals surface area contributed by atoms with Gasteiger partial charge in [-0.15, -0.1) is 0 Å². The van der Waals surface area contributed by atoms with Crippen molar-refractivity contribution < 1.29 is 9.53 Å². The maximum absolute atomic E-state index is 11.3. The van der Waals surface area contributed by atoms with Crippen LogP contribution in [0, 0.1) is 0 Å². The number of ether oxygens (including phenoxy) is 1. The smallest absolute Gasteiger partial charge is 0.371 e. The minimum atomic E-state index is -1.48. The van der Waals surface area contributed by atoms with Gasteiger partial charge < -0.3 is 10.1 Å². The zero-order valence-corrected chi connectivity index (χ0v) is 8.26. The Labute approximate surface area is 81.6 Å². The maximum atomic E-state index is 11.3. The van der Waals surface area contributed by atoms with Gasteiger partial charge >= 0.3 is 11.1 Å². The number of hydrogen-bond acceptors (Lipinski definition) is 4. The Morgan fingerprint density at radius 1 is 1.85 bits per heavy atom. The van der Waals surface area contributed by atoms with Gasteiger partial charge in [0, 0.05) is 11.9 Å². The molecule has 0 saturated carbocycles. The third kappa shape index (κ3) is 2.21. The third-order valence-corrected chi connectivity index (χ3v) is 1.82. The summed E-state index contributed by atoms with van der Waals surface area (Å²) in [5.41, 5.74) is 0.682. The molecule has 0 aliphatic carbocycles. The molecular formula is C8H11ClN2O2. The quantitative estimate of drug-likeness (QED) is 0.413. The zero-order chi connectivity index (χ0) is 9.90. The molecule has 0 aromatic rings. The molecule has 0 radical (unpaired) electrons. The summed E-state index contributed by atoms with van der Waals surface area (Å²) >= 11 is 5.87. The van der Waals surface area contributed by atoms with Crippen molar-refractivity contribution in [3.05, 3.63) is 12.3 Å². The van der Waals surface area contributed by atoms with E-state index in [2.05, 4.69) is 10.3 Å². The van der Waals surface area contributed by atoms with Crippen LogP contribution in [-0.2, 0) is 9.53 Å². The average molecular weight is 203 g/mol. The molecule has 1 atom stereocenters. The number of esters is 1. The van der Waals surface area contributed by atoms with Gasteiger partial charge in [0.05, 0.1) is 6.61 Å². The standard InChI is InChI=1S/C8H11ClN2O2/c1-3-13-7(12)8(9)10-5-4-6(2)11-8/h4-5,10H,3H2,1-2H3. The van der Waals surface area contributed by atoms with Crippen molar-refractivity contribution in [1.29, 1.82) is 0 Å². The van der Waals surface area contributed by atoms with E-state index in [1.165, 1.54) is 0 Å². The Morgan fingerprint density at radius 3 is 3.08 bits per heavy atom. The lowest BCUT2D eigenvalue weighted by atomic mass is 10.3. The highest BCUT2D eigenvalue weighted by Crippen LogP contribution is 2.18. The predicted octanol–water partition coefficient (Wildman–Crippen LogP) is 1.02. The number of hydrogen-bond donors (Lipinski definition) is 1. The Hall–Kier alpha value is -1.03. The number of nitrogens with one attached hydrogen (secondary N) is 1. The lowest BCUT2D eigenvalue weighted by Crippen LogP contribution is -2.46. The number of halogens is 1. The molecule has 1 heterocycles. The first-order valence-electron chi connectivity index (χ1n) is 3.95. The lowest BCUT2D eigenvalue weighted by Gasteiger charge is -2.23. The van der Waals surface area contributed by atoms with Crippen LogP contribution < -0.4 is 5.32 Å². The normalized spacial score (nSPS) is 26.2. The fraction of sp³-hybridized carbons (Fsp3) is 0.500. The second kappa shape index (κ2) is 3.79. The van der Waals surface area contributed by atoms with E-state index in [-0.39, 0.29) is 6.61 Å². The highest BCUT2D eigenvalue weighted by Gasteiger charge is 2.37. The maximum Gasteiger partial charge on any atom is 0.371 e. The number of allylic oxidation sites excluding steroid dienone is 1. The van der Waals surface area contributed by atoms with Gasteiger partial charge in [-0.05, 0) is 19.9 Å². The van der Waals surface area contributed by atoms with Crippen LogP contribution in [0.3, 0.4) is 0 Å². The second-order valence-electron chi connectivity index (χ2n) is 2.57. The molecule has 13 heavy (non-hydrogen) atoms. The zero-order valence-electron chi connectivity index (χ0n) is 7.50. The molecule has 0 saturated heterocycles. The summed E-state index contributed by atoms with van der Waals surface area (Å²) in [7, 11) is 0. The Kier molecular flexibility index (Phi) is 2.93. The Balaban J connectivity index is 2.77. The molecule has 1 N–H and O–H groups in total. The van der Waals surface area contributed by atoms with Gasteiger partial charge in [0.2, 0.25) is 0 Å². The van der Waals surface area contributed by atoms with Crippen LogP contribution in [0.25, 0.3) is 0 Å². The Morgan fingerprint density at radius 2 is 2.54 bits per heavy atom. The highest BCUT2D eigenvalue weighted by molar-refractivity contribution is 6.34. The third-order valence-electron chi connectivity index (χ3n) is 1.48. The van der Waals surface area contributed by atoms with Gasteiger partial charge in [-0.1, -0.05) is 11.6 Å². The first-order chi connectivity index (χ1) is 6.08. The van der Waals surface area contributed by atoms with E-state index in [1.54, 1.807) is 26.1 Å². The summed E-state index contributed by atoms with van der Waals surface area (Å²) in [5.74, 6) is -0.583. The summed E-state index contributed by atoms with van der Waals surface area (Å²) in [5, 5.41) is 1.16. The van der Waals surface area contributed by atoms with Crippen LogP contribution in [0.1, 0.15) is 13.8 Å². The molecule has 0 aromatic carbocycles. The van der Waals surface area contributed by atoms with Gasteiger partial charge in [-0.25, -0.2) is 9.79 Å². The van der Waals surface area contributed by atoms with Crippen LogP contribution in [0.2, 0.25) is 0 Å². The van der Waals surface area contributed by atoms with Gasteiger partial charge in [0.25, 0.3) is 0 Å². The Bertz CT molecular complexity index is 275. The summed E-state index contributed by atoms with van der Waals surface area (Å²) in [6.45, 7) is 3.76. The SMILES string of the molecule is CCOC(=O)C1(Cl)N=C(C)C=CN1. The fourth-order valence-corrected chi connectivity index (χ4v) is 1.17. The van der Waals surface area contributed by atoms with Crippen LogP contribution in [0.4, 0.5) is 0 Å². The molecule has 72 valence electrons. The van der Waals surface area contributed by atoms with E-state index >= 15 is 0 Å². The summed E-state index contributed by atoms with van der Waals surface area (Å²) in [6, 6.07) is 0. The molecule has 1 unspecified atom stereocenters. The first-order valence-corrected chi connectivity index (χ1v) is 4.33. The number of aliphatic imine (C=N–C) groups is 1. The van der Waals surface area contributed by atoms with Crippen molar-refractivity contribution >= 4 is 23.3 Å². The van der Waals surface area contributed by atoms with E-state index in [0.29, 0.717) is 5.71 Å². The van der Waals surface area contributed by atoms with Crippen LogP contribution in [0.5, 0.6) is 0 Å². The first kappa shape index (κ1) is 10.1. The summed E-state index contributed by atoms with van der Waals surface area (Å²) in [6.07, 6.45) is 3.30. The van der Waals surface area contributed by atoms with E-state index in [9.17, 15) is 4.79 Å². The largest absolute Gasteiger partial charge is 0.462 e. The minimum Gasteiger partial charge on any atom is -0.462 e. The number of carbonyl (C=O) groups is 1. The average Bonchev–Trinajstić information content (AvgIpc) is 2.04. The fourth-order valence-electron chi connectivity index (χ4n) is 0.917. The van der Waals surface area contributed by atoms with Crippen molar-refractivity contribution in [3.63, 3.8) is 0 Å². The monoisotopic (exact) mass is 202 g/mol. The molecular weight excluding hydrogens is 192 g/mol. The molecule has 1 aliphatic heterocycles. The van der Waals surface area contributed by atoms with E-state index in [0.717, 1.165) is 0 Å². The minimum absolute atomic E-state index is 0.285. The highest BCUT2D eigenvalue weighted by atomic mass is 35.5. The molecule has 1 rings (SSSR count). The number of carbonyl (C=O) groups excluding carboxylic acids is 1. The van der Waals surface area contributed by atoms with Gasteiger partial charge in [0.1, 0.15) is 0 Å². The lowest BCUT2D eigenvalue weighted by molar-refractivity contribution is -0.146. The molecule has 4 nitrogen and oxygen atoms in total. The van der Waals surface area contributed by atoms with Crippen LogP contribution in [0.15, 0.2) is 17.3 Å². The van der Waals surface area contributed by atoms with E-state index in [1.807, 2.05) is 0 Å². The summed E-state index contributed by atoms with van der Waals surface area (Å²) in [4.78, 5) is 15.3. The number of nitrogens with zero attached hydrogens (tertiary/aromatic N) is 1. The molecule has 0 amide bonds. The van der Waals surface area contributed by atoms with Crippen molar-refractivity contribution in [2.45, 2.75) is 19.0 Å². The van der Waals surface area contributed by atoms with Gasteiger partial charge in [0.15, 0.2) is 0 Å². The van der Waals surface area contributed by atoms with Crippen molar-refractivity contribution in [3.8, 4) is 0 Å². The van der Waals surface area contributed by atoms with Gasteiger partial charge in [-0.3, -0.25) is 0 Å². The number of rotatable bonds is 2. The van der Waals surface area contributed by atoms with Crippen molar-refractivity contribution in [1.82, 2.24) is 5.32 Å². The molecule has 0 fully saturated rings. The van der Waals surface area contributed by atoms with Crippen LogP contribution >= 0.6 is 11.6 Å². The molecule has 5 heteroatoms. The van der Waals surface area contributed by atoms with E-state index < -0.39 is 11.1 Å². The number of alkyl halides is 1. The van der Waals surface area contributed by atoms with E-state index in [4.69, 9.17) is 16.3 Å². The molecule has 0 aromatic heterocycles. The van der Waals surface area contributed by atoms with Crippen molar-refractivity contribution in [2.75, 3.05) is 6.61 Å². The predicted molar refractivity (Wildman–Crippen MR) is 50.6 cm³/mol. The molecule has 1 aliphatic rings. The molecule has 0 spiro atoms. The van der Waals surface area contributed by atoms with Crippen molar-refractivity contribution in [2.24, 2.45) is 4.99 Å². The summed E-state index contributed by atoms with van der Waals surface area (Å²) < 4.78 is 4.76. The van der Waals surface area contributed by atoms with Gasteiger partial charge in [-0.2, -0.15) is 0 Å². The second-order valence-corrected chi connectivity index (χ2v) is 3.12. The van der Waals surface area contributed by atoms with Crippen LogP contribution in [-0.4, -0.2) is 23.4 Å². The molecule has 0 bridgehead atoms. The topological polar surface area (TPSA) is 50.7 Å².